The Balaban J connectivity index is 1.67. The van der Waals surface area contributed by atoms with E-state index in [-0.39, 0.29) is 37.9 Å². The molecule has 3 rings (SSSR count). The molecule has 7 heteroatoms. The van der Waals surface area contributed by atoms with E-state index in [0.717, 1.165) is 31.8 Å². The molecule has 0 saturated carbocycles. The first kappa shape index (κ1) is 24.6. The number of nitrogens with one attached hydrogen (secondary N) is 2. The fourth-order valence-corrected chi connectivity index (χ4v) is 4.65. The SMILES string of the molecule is CCc1ccc2c(c1)[C@@H](NC[C@@H](O)C(CC1C=C(F)C=C(F)C1)NC(=O)COC)CCC2. The van der Waals surface area contributed by atoms with Crippen molar-refractivity contribution in [1.29, 1.82) is 0 Å². The first-order chi connectivity index (χ1) is 15.4. The lowest BCUT2D eigenvalue weighted by Gasteiger charge is -2.31. The van der Waals surface area contributed by atoms with Gasteiger partial charge in [-0.15, -0.1) is 0 Å². The highest BCUT2D eigenvalue weighted by atomic mass is 19.1. The van der Waals surface area contributed by atoms with Gasteiger partial charge in [0.05, 0.1) is 12.1 Å². The van der Waals surface area contributed by atoms with Crippen molar-refractivity contribution in [2.24, 2.45) is 5.92 Å². The van der Waals surface area contributed by atoms with E-state index in [0.29, 0.717) is 0 Å². The first-order valence-electron chi connectivity index (χ1n) is 11.4. The van der Waals surface area contributed by atoms with Gasteiger partial charge in [0, 0.05) is 32.2 Å². The Labute approximate surface area is 188 Å². The van der Waals surface area contributed by atoms with Gasteiger partial charge in [-0.05, 0) is 60.8 Å². The number of rotatable bonds is 10. The third kappa shape index (κ3) is 6.70. The average Bonchev–Trinajstić information content (AvgIpc) is 2.76. The molecule has 0 saturated heterocycles. The topological polar surface area (TPSA) is 70.6 Å². The summed E-state index contributed by atoms with van der Waals surface area (Å²) in [7, 11) is 1.41. The molecular formula is C25H34F2N2O3. The molecule has 2 aliphatic carbocycles. The zero-order valence-electron chi connectivity index (χ0n) is 18.9. The summed E-state index contributed by atoms with van der Waals surface area (Å²) in [5, 5.41) is 17.2. The summed E-state index contributed by atoms with van der Waals surface area (Å²) in [6.07, 6.45) is 5.65. The average molecular weight is 449 g/mol. The molecule has 1 aromatic rings. The van der Waals surface area contributed by atoms with E-state index in [1.165, 1.54) is 29.9 Å². The molecule has 0 fully saturated rings. The lowest BCUT2D eigenvalue weighted by atomic mass is 9.86. The number of aliphatic hydroxyl groups excluding tert-OH is 1. The maximum atomic E-state index is 13.7. The number of ether oxygens (including phenoxy) is 1. The van der Waals surface area contributed by atoms with Gasteiger partial charge in [-0.25, -0.2) is 8.78 Å². The smallest absolute Gasteiger partial charge is 0.246 e. The summed E-state index contributed by atoms with van der Waals surface area (Å²) < 4.78 is 32.3. The van der Waals surface area contributed by atoms with Crippen molar-refractivity contribution in [3.8, 4) is 0 Å². The molecule has 0 heterocycles. The quantitative estimate of drug-likeness (QED) is 0.509. The minimum Gasteiger partial charge on any atom is -0.390 e. The number of hydrogen-bond acceptors (Lipinski definition) is 4. The number of methoxy groups -OCH3 is 1. The van der Waals surface area contributed by atoms with Gasteiger partial charge in [0.15, 0.2) is 0 Å². The largest absolute Gasteiger partial charge is 0.390 e. The number of aryl methyl sites for hydroxylation is 2. The summed E-state index contributed by atoms with van der Waals surface area (Å²) >= 11 is 0. The molecule has 0 radical (unpaired) electrons. The molecule has 0 spiro atoms. The first-order valence-corrected chi connectivity index (χ1v) is 11.4. The van der Waals surface area contributed by atoms with E-state index in [4.69, 9.17) is 4.74 Å². The second kappa shape index (κ2) is 11.7. The summed E-state index contributed by atoms with van der Waals surface area (Å²) in [5.74, 6) is -1.97. The number of carbonyl (C=O) groups excluding carboxylic acids is 1. The molecule has 1 aromatic carbocycles. The number of halogens is 2. The highest BCUT2D eigenvalue weighted by molar-refractivity contribution is 5.77. The predicted molar refractivity (Wildman–Crippen MR) is 120 cm³/mol. The number of allylic oxidation sites excluding steroid dienone is 4. The fraction of sp³-hybridized carbons (Fsp3) is 0.560. The monoisotopic (exact) mass is 448 g/mol. The van der Waals surface area contributed by atoms with Crippen molar-refractivity contribution in [3.05, 3.63) is 58.7 Å². The van der Waals surface area contributed by atoms with Crippen molar-refractivity contribution in [1.82, 2.24) is 10.6 Å². The summed E-state index contributed by atoms with van der Waals surface area (Å²) in [4.78, 5) is 12.1. The number of benzene rings is 1. The summed E-state index contributed by atoms with van der Waals surface area (Å²) in [6.45, 7) is 2.25. The Morgan fingerprint density at radius 2 is 2.16 bits per heavy atom. The van der Waals surface area contributed by atoms with Gasteiger partial charge in [-0.2, -0.15) is 0 Å². The second-order valence-corrected chi connectivity index (χ2v) is 8.76. The maximum absolute atomic E-state index is 13.7. The van der Waals surface area contributed by atoms with E-state index < -0.39 is 29.7 Å². The minimum absolute atomic E-state index is 0.0556. The van der Waals surface area contributed by atoms with Crippen LogP contribution in [0, 0.1) is 5.92 Å². The fourth-order valence-electron chi connectivity index (χ4n) is 4.65. The van der Waals surface area contributed by atoms with Crippen LogP contribution < -0.4 is 10.6 Å². The lowest BCUT2D eigenvalue weighted by molar-refractivity contribution is -0.126. The molecule has 2 aliphatic rings. The highest BCUT2D eigenvalue weighted by Crippen LogP contribution is 2.31. The van der Waals surface area contributed by atoms with Gasteiger partial charge < -0.3 is 20.5 Å². The molecule has 1 amide bonds. The number of carbonyl (C=O) groups is 1. The molecule has 4 atom stereocenters. The van der Waals surface area contributed by atoms with Gasteiger partial charge in [-0.1, -0.05) is 25.1 Å². The van der Waals surface area contributed by atoms with Crippen molar-refractivity contribution in [2.75, 3.05) is 20.3 Å². The van der Waals surface area contributed by atoms with Gasteiger partial charge in [0.1, 0.15) is 18.3 Å². The Kier molecular flexibility index (Phi) is 8.96. The third-order valence-corrected chi connectivity index (χ3v) is 6.30. The van der Waals surface area contributed by atoms with Crippen molar-refractivity contribution >= 4 is 5.91 Å². The van der Waals surface area contributed by atoms with E-state index >= 15 is 0 Å². The van der Waals surface area contributed by atoms with Crippen LogP contribution in [0.1, 0.15) is 55.3 Å². The molecule has 0 bridgehead atoms. The maximum Gasteiger partial charge on any atom is 0.246 e. The molecule has 0 aromatic heterocycles. The standard InChI is InChI=1S/C25H34F2N2O3/c1-3-16-7-8-18-5-4-6-22(21(18)11-16)28-14-24(30)23(29-25(31)15-32-2)12-17-9-19(26)13-20(27)10-17/h7-9,11,13,17,22-24,28,30H,3-6,10,12,14-15H2,1-2H3,(H,29,31)/t17?,22-,23?,24+/m0/s1. The normalized spacial score (nSPS) is 22.4. The molecule has 2 unspecified atom stereocenters. The highest BCUT2D eigenvalue weighted by Gasteiger charge is 2.28. The Hall–Kier alpha value is -2.09. The Bertz CT molecular complexity index is 856. The van der Waals surface area contributed by atoms with Crippen molar-refractivity contribution in [3.63, 3.8) is 0 Å². The lowest BCUT2D eigenvalue weighted by Crippen LogP contribution is -2.49. The van der Waals surface area contributed by atoms with Crippen LogP contribution in [-0.4, -0.2) is 43.4 Å². The van der Waals surface area contributed by atoms with Crippen molar-refractivity contribution in [2.45, 2.75) is 63.6 Å². The molecular weight excluding hydrogens is 414 g/mol. The number of fused-ring (bicyclic) bond motifs is 1. The van der Waals surface area contributed by atoms with Gasteiger partial charge >= 0.3 is 0 Å². The van der Waals surface area contributed by atoms with Crippen LogP contribution in [0.25, 0.3) is 0 Å². The number of aliphatic hydroxyl groups is 1. The van der Waals surface area contributed by atoms with Gasteiger partial charge in [-0.3, -0.25) is 4.79 Å². The zero-order valence-corrected chi connectivity index (χ0v) is 18.9. The van der Waals surface area contributed by atoms with Crippen LogP contribution in [-0.2, 0) is 22.4 Å². The van der Waals surface area contributed by atoms with Crippen LogP contribution in [0.15, 0.2) is 42.0 Å². The van der Waals surface area contributed by atoms with Crippen LogP contribution >= 0.6 is 0 Å². The predicted octanol–water partition coefficient (Wildman–Crippen LogP) is 3.82. The Morgan fingerprint density at radius 3 is 2.88 bits per heavy atom. The minimum atomic E-state index is -0.916. The molecule has 5 nitrogen and oxygen atoms in total. The molecule has 32 heavy (non-hydrogen) atoms. The van der Waals surface area contributed by atoms with Crippen molar-refractivity contribution < 1.29 is 23.4 Å². The van der Waals surface area contributed by atoms with Gasteiger partial charge in [0.25, 0.3) is 0 Å². The third-order valence-electron chi connectivity index (χ3n) is 6.30. The van der Waals surface area contributed by atoms with Crippen LogP contribution in [0.4, 0.5) is 8.78 Å². The summed E-state index contributed by atoms with van der Waals surface area (Å²) in [6, 6.07) is 6.07. The molecule has 3 N–H and O–H groups in total. The van der Waals surface area contributed by atoms with Gasteiger partial charge in [0.2, 0.25) is 5.91 Å². The van der Waals surface area contributed by atoms with E-state index in [1.807, 2.05) is 0 Å². The van der Waals surface area contributed by atoms with Crippen LogP contribution in [0.2, 0.25) is 0 Å². The van der Waals surface area contributed by atoms with Crippen LogP contribution in [0.3, 0.4) is 0 Å². The van der Waals surface area contributed by atoms with Crippen LogP contribution in [0.5, 0.6) is 0 Å². The summed E-state index contributed by atoms with van der Waals surface area (Å²) in [5.41, 5.74) is 3.88. The Morgan fingerprint density at radius 1 is 1.34 bits per heavy atom. The molecule has 0 aliphatic heterocycles. The zero-order chi connectivity index (χ0) is 23.1. The number of amides is 1. The second-order valence-electron chi connectivity index (χ2n) is 8.76. The molecule has 176 valence electrons. The van der Waals surface area contributed by atoms with E-state index in [9.17, 15) is 18.7 Å². The van der Waals surface area contributed by atoms with E-state index in [2.05, 4.69) is 35.8 Å². The van der Waals surface area contributed by atoms with E-state index in [1.54, 1.807) is 0 Å². The number of hydrogen-bond donors (Lipinski definition) is 3.